The Kier molecular flexibility index (Phi) is 4.74. The van der Waals surface area contributed by atoms with Crippen LogP contribution in [0.4, 0.5) is 4.39 Å². The van der Waals surface area contributed by atoms with Crippen molar-refractivity contribution >= 4 is 0 Å². The molecule has 1 aromatic heterocycles. The Morgan fingerprint density at radius 2 is 2.10 bits per heavy atom. The molecular formula is C15H20FN3O. The summed E-state index contributed by atoms with van der Waals surface area (Å²) in [5.41, 5.74) is 8.27. The lowest BCUT2D eigenvalue weighted by molar-refractivity contribution is 0.290. The van der Waals surface area contributed by atoms with Gasteiger partial charge in [0.15, 0.2) is 0 Å². The minimum absolute atomic E-state index is 0.300. The first-order valence-electron chi connectivity index (χ1n) is 6.78. The molecular weight excluding hydrogens is 257 g/mol. The zero-order chi connectivity index (χ0) is 14.5. The second kappa shape index (κ2) is 6.52. The summed E-state index contributed by atoms with van der Waals surface area (Å²) in [6, 6.07) is 6.68. The summed E-state index contributed by atoms with van der Waals surface area (Å²) in [5, 5.41) is 4.35. The molecule has 0 bridgehead atoms. The highest BCUT2D eigenvalue weighted by Gasteiger charge is 2.06. The minimum Gasteiger partial charge on any atom is -0.487 e. The van der Waals surface area contributed by atoms with Crippen molar-refractivity contribution in [1.82, 2.24) is 9.78 Å². The van der Waals surface area contributed by atoms with E-state index in [1.807, 2.05) is 30.7 Å². The van der Waals surface area contributed by atoms with Gasteiger partial charge in [-0.2, -0.15) is 5.10 Å². The van der Waals surface area contributed by atoms with Gasteiger partial charge in [0, 0.05) is 12.6 Å². The minimum atomic E-state index is -0.300. The quantitative estimate of drug-likeness (QED) is 0.882. The number of rotatable bonds is 6. The lowest BCUT2D eigenvalue weighted by atomic mass is 10.1. The van der Waals surface area contributed by atoms with Crippen LogP contribution in [0, 0.1) is 12.7 Å². The van der Waals surface area contributed by atoms with Crippen molar-refractivity contribution in [1.29, 1.82) is 0 Å². The normalized spacial score (nSPS) is 10.8. The number of hydrogen-bond acceptors (Lipinski definition) is 3. The fraction of sp³-hybridized carbons (Fsp3) is 0.400. The Morgan fingerprint density at radius 1 is 1.30 bits per heavy atom. The number of hydrogen-bond donors (Lipinski definition) is 1. The maximum absolute atomic E-state index is 13.5. The number of ether oxygens (including phenoxy) is 1. The molecule has 108 valence electrons. The first-order chi connectivity index (χ1) is 9.62. The van der Waals surface area contributed by atoms with E-state index in [1.165, 1.54) is 12.1 Å². The van der Waals surface area contributed by atoms with Crippen LogP contribution in [0.3, 0.4) is 0 Å². The highest BCUT2D eigenvalue weighted by molar-refractivity contribution is 5.30. The molecule has 0 fully saturated rings. The summed E-state index contributed by atoms with van der Waals surface area (Å²) in [4.78, 5) is 0. The fourth-order valence-corrected chi connectivity index (χ4v) is 2.16. The molecule has 5 heteroatoms. The first kappa shape index (κ1) is 14.5. The lowest BCUT2D eigenvalue weighted by Crippen LogP contribution is -2.07. The van der Waals surface area contributed by atoms with E-state index in [-0.39, 0.29) is 5.82 Å². The van der Waals surface area contributed by atoms with Crippen LogP contribution in [0.25, 0.3) is 0 Å². The van der Waals surface area contributed by atoms with Gasteiger partial charge < -0.3 is 10.5 Å². The smallest absolute Gasteiger partial charge is 0.130 e. The molecule has 0 unspecified atom stereocenters. The van der Waals surface area contributed by atoms with E-state index >= 15 is 0 Å². The Balaban J connectivity index is 2.10. The Labute approximate surface area is 118 Å². The Morgan fingerprint density at radius 3 is 2.80 bits per heavy atom. The van der Waals surface area contributed by atoms with Crippen molar-refractivity contribution in [2.45, 2.75) is 33.4 Å². The number of aromatic nitrogens is 2. The lowest BCUT2D eigenvalue weighted by Gasteiger charge is -2.09. The van der Waals surface area contributed by atoms with Crippen molar-refractivity contribution in [2.75, 3.05) is 6.54 Å². The summed E-state index contributed by atoms with van der Waals surface area (Å²) in [5.74, 6) is 0.223. The average molecular weight is 277 g/mol. The van der Waals surface area contributed by atoms with Gasteiger partial charge in [-0.3, -0.25) is 4.68 Å². The molecule has 0 amide bonds. The SMILES string of the molecule is CCn1nc(C)cc1COc1cc(F)cc(CCN)c1. The second-order valence-corrected chi connectivity index (χ2v) is 4.72. The second-order valence-electron chi connectivity index (χ2n) is 4.72. The van der Waals surface area contributed by atoms with Gasteiger partial charge in [0.05, 0.1) is 11.4 Å². The summed E-state index contributed by atoms with van der Waals surface area (Å²) in [6.07, 6.45) is 0.639. The first-order valence-corrected chi connectivity index (χ1v) is 6.78. The molecule has 20 heavy (non-hydrogen) atoms. The van der Waals surface area contributed by atoms with Crippen molar-refractivity contribution in [3.05, 3.63) is 47.0 Å². The molecule has 2 aromatic rings. The fourth-order valence-electron chi connectivity index (χ4n) is 2.16. The third-order valence-corrected chi connectivity index (χ3v) is 3.04. The van der Waals surface area contributed by atoms with Gasteiger partial charge in [0.25, 0.3) is 0 Å². The zero-order valence-corrected chi connectivity index (χ0v) is 11.9. The van der Waals surface area contributed by atoms with Crippen LogP contribution in [-0.2, 0) is 19.6 Å². The molecule has 0 spiro atoms. The molecule has 1 aromatic carbocycles. The van der Waals surface area contributed by atoms with E-state index in [2.05, 4.69) is 5.10 Å². The molecule has 4 nitrogen and oxygen atoms in total. The number of benzene rings is 1. The molecule has 0 aliphatic carbocycles. The van der Waals surface area contributed by atoms with Gasteiger partial charge in [-0.05, 0) is 50.6 Å². The average Bonchev–Trinajstić information content (AvgIpc) is 2.76. The van der Waals surface area contributed by atoms with Crippen LogP contribution in [0.1, 0.15) is 23.9 Å². The summed E-state index contributed by atoms with van der Waals surface area (Å²) in [6.45, 7) is 5.62. The largest absolute Gasteiger partial charge is 0.487 e. The monoisotopic (exact) mass is 277 g/mol. The van der Waals surface area contributed by atoms with Crippen LogP contribution in [-0.4, -0.2) is 16.3 Å². The van der Waals surface area contributed by atoms with Gasteiger partial charge in [0.2, 0.25) is 0 Å². The molecule has 0 atom stereocenters. The van der Waals surface area contributed by atoms with Crippen molar-refractivity contribution in [2.24, 2.45) is 5.73 Å². The predicted molar refractivity (Wildman–Crippen MR) is 76.1 cm³/mol. The maximum atomic E-state index is 13.5. The van der Waals surface area contributed by atoms with E-state index in [0.717, 1.165) is 23.5 Å². The Hall–Kier alpha value is -1.88. The van der Waals surface area contributed by atoms with Crippen LogP contribution in [0.5, 0.6) is 5.75 Å². The number of halogens is 1. The van der Waals surface area contributed by atoms with Gasteiger partial charge in [0.1, 0.15) is 18.2 Å². The zero-order valence-electron chi connectivity index (χ0n) is 11.9. The molecule has 0 aliphatic heterocycles. The van der Waals surface area contributed by atoms with E-state index in [1.54, 1.807) is 0 Å². The summed E-state index contributed by atoms with van der Waals surface area (Å²) in [7, 11) is 0. The number of nitrogens with zero attached hydrogens (tertiary/aromatic N) is 2. The van der Waals surface area contributed by atoms with Crippen molar-refractivity contribution in [3.8, 4) is 5.75 Å². The maximum Gasteiger partial charge on any atom is 0.130 e. The Bertz CT molecular complexity index is 580. The topological polar surface area (TPSA) is 53.1 Å². The van der Waals surface area contributed by atoms with E-state index in [9.17, 15) is 4.39 Å². The van der Waals surface area contributed by atoms with Crippen molar-refractivity contribution in [3.63, 3.8) is 0 Å². The molecule has 0 saturated carbocycles. The van der Waals surface area contributed by atoms with Gasteiger partial charge >= 0.3 is 0 Å². The van der Waals surface area contributed by atoms with Gasteiger partial charge in [-0.1, -0.05) is 0 Å². The molecule has 0 saturated heterocycles. The third kappa shape index (κ3) is 3.57. The van der Waals surface area contributed by atoms with Gasteiger partial charge in [-0.15, -0.1) is 0 Å². The van der Waals surface area contributed by atoms with Crippen molar-refractivity contribution < 1.29 is 9.13 Å². The van der Waals surface area contributed by atoms with Crippen LogP contribution < -0.4 is 10.5 Å². The van der Waals surface area contributed by atoms with Crippen LogP contribution in [0.15, 0.2) is 24.3 Å². The van der Waals surface area contributed by atoms with E-state index < -0.39 is 0 Å². The number of aryl methyl sites for hydroxylation is 2. The standard InChI is InChI=1S/C15H20FN3O/c1-3-19-14(6-11(2)18-19)10-20-15-8-12(4-5-17)7-13(16)9-15/h6-9H,3-5,10,17H2,1-2H3. The molecule has 2 N–H and O–H groups in total. The van der Waals surface area contributed by atoms with E-state index in [0.29, 0.717) is 25.3 Å². The van der Waals surface area contributed by atoms with Gasteiger partial charge in [-0.25, -0.2) is 4.39 Å². The third-order valence-electron chi connectivity index (χ3n) is 3.04. The highest BCUT2D eigenvalue weighted by Crippen LogP contribution is 2.18. The van der Waals surface area contributed by atoms with Crippen LogP contribution in [0.2, 0.25) is 0 Å². The number of nitrogens with two attached hydrogens (primary N) is 1. The van der Waals surface area contributed by atoms with E-state index in [4.69, 9.17) is 10.5 Å². The summed E-state index contributed by atoms with van der Waals surface area (Å²) < 4.78 is 21.0. The molecule has 2 rings (SSSR count). The molecule has 1 heterocycles. The molecule has 0 radical (unpaired) electrons. The van der Waals surface area contributed by atoms with Crippen LogP contribution >= 0.6 is 0 Å². The summed E-state index contributed by atoms with van der Waals surface area (Å²) >= 11 is 0. The predicted octanol–water partition coefficient (Wildman–Crippen LogP) is 2.43. The highest BCUT2D eigenvalue weighted by atomic mass is 19.1. The molecule has 0 aliphatic rings.